The number of nitrogens with one attached hydrogen (secondary N) is 1. The molecule has 1 aliphatic carbocycles. The third kappa shape index (κ3) is 3.06. The molecule has 1 amide bonds. The summed E-state index contributed by atoms with van der Waals surface area (Å²) in [6.07, 6.45) is 6.00. The minimum atomic E-state index is 0.0232. The number of amides is 1. The van der Waals surface area contributed by atoms with Crippen LogP contribution in [-0.4, -0.2) is 36.0 Å². The van der Waals surface area contributed by atoms with E-state index >= 15 is 0 Å². The fraction of sp³-hybridized carbons (Fsp3) is 0.562. The van der Waals surface area contributed by atoms with Gasteiger partial charge >= 0.3 is 0 Å². The van der Waals surface area contributed by atoms with E-state index in [1.54, 1.807) is 0 Å². The van der Waals surface area contributed by atoms with Crippen LogP contribution in [0.5, 0.6) is 0 Å². The van der Waals surface area contributed by atoms with Crippen molar-refractivity contribution in [3.63, 3.8) is 0 Å². The Morgan fingerprint density at radius 1 is 1.19 bits per heavy atom. The number of halogens is 2. The molecule has 2 fully saturated rings. The molecule has 0 atom stereocenters. The summed E-state index contributed by atoms with van der Waals surface area (Å²) < 4.78 is 1.82. The highest BCUT2D eigenvalue weighted by atomic mass is 79.9. The fourth-order valence-electron chi connectivity index (χ4n) is 3.62. The number of rotatable bonds is 1. The Morgan fingerprint density at radius 2 is 1.95 bits per heavy atom. The smallest absolute Gasteiger partial charge is 0.255 e. The molecule has 1 aromatic carbocycles. The molecule has 1 aromatic rings. The third-order valence-corrected chi connectivity index (χ3v) is 5.91. The maximum absolute atomic E-state index is 13.1. The highest BCUT2D eigenvalue weighted by molar-refractivity contribution is 9.11. The molecule has 0 aromatic heterocycles. The second kappa shape index (κ2) is 6.39. The zero-order valence-corrected chi connectivity index (χ0v) is 15.2. The van der Waals surface area contributed by atoms with Gasteiger partial charge in [0, 0.05) is 28.6 Å². The van der Waals surface area contributed by atoms with E-state index in [1.165, 1.54) is 19.3 Å². The van der Waals surface area contributed by atoms with Crippen LogP contribution in [0.3, 0.4) is 0 Å². The highest BCUT2D eigenvalue weighted by Crippen LogP contribution is 2.36. The highest BCUT2D eigenvalue weighted by Gasteiger charge is 2.42. The van der Waals surface area contributed by atoms with Gasteiger partial charge in [0.25, 0.3) is 5.91 Å². The van der Waals surface area contributed by atoms with Gasteiger partial charge in [-0.2, -0.15) is 0 Å². The van der Waals surface area contributed by atoms with Crippen molar-refractivity contribution in [3.8, 4) is 0 Å². The minimum Gasteiger partial charge on any atom is -0.330 e. The van der Waals surface area contributed by atoms with Gasteiger partial charge in [-0.3, -0.25) is 4.79 Å². The monoisotopic (exact) mass is 414 g/mol. The zero-order chi connectivity index (χ0) is 14.9. The third-order valence-electron chi connectivity index (χ3n) is 4.73. The SMILES string of the molecule is O=C(c1cc(Br)ccc1Br)N1CCNCC12CCCCC2. The van der Waals surface area contributed by atoms with Crippen LogP contribution in [0.1, 0.15) is 42.5 Å². The molecule has 1 aliphatic heterocycles. The Bertz CT molecular complexity index is 533. The number of hydrogen-bond donors (Lipinski definition) is 1. The fourth-order valence-corrected chi connectivity index (χ4v) is 4.40. The zero-order valence-electron chi connectivity index (χ0n) is 12.0. The van der Waals surface area contributed by atoms with E-state index < -0.39 is 0 Å². The standard InChI is InChI=1S/C16H20Br2N2O/c17-12-4-5-14(18)13(10-12)15(21)20-9-8-19-11-16(20)6-2-1-3-7-16/h4-5,10,19H,1-3,6-9,11H2. The molecule has 114 valence electrons. The molecule has 1 N–H and O–H groups in total. The molecule has 0 radical (unpaired) electrons. The molecule has 21 heavy (non-hydrogen) atoms. The first-order valence-electron chi connectivity index (χ1n) is 7.60. The van der Waals surface area contributed by atoms with Crippen molar-refractivity contribution in [2.24, 2.45) is 0 Å². The number of carbonyl (C=O) groups is 1. The van der Waals surface area contributed by atoms with Crippen LogP contribution < -0.4 is 5.32 Å². The summed E-state index contributed by atoms with van der Waals surface area (Å²) in [5.74, 6) is 0.159. The minimum absolute atomic E-state index is 0.0232. The van der Waals surface area contributed by atoms with Crippen LogP contribution in [0.15, 0.2) is 27.1 Å². The van der Waals surface area contributed by atoms with Crippen LogP contribution >= 0.6 is 31.9 Å². The molecule has 2 aliphatic rings. The van der Waals surface area contributed by atoms with Crippen molar-refractivity contribution in [1.82, 2.24) is 10.2 Å². The second-order valence-corrected chi connectivity index (χ2v) is 7.81. The van der Waals surface area contributed by atoms with E-state index in [1.807, 2.05) is 18.2 Å². The van der Waals surface area contributed by atoms with E-state index in [-0.39, 0.29) is 11.4 Å². The van der Waals surface area contributed by atoms with Gasteiger partial charge in [-0.15, -0.1) is 0 Å². The van der Waals surface area contributed by atoms with Crippen molar-refractivity contribution in [2.45, 2.75) is 37.6 Å². The molecule has 0 unspecified atom stereocenters. The lowest BCUT2D eigenvalue weighted by Crippen LogP contribution is -2.63. The Labute approximate surface area is 142 Å². The van der Waals surface area contributed by atoms with Crippen molar-refractivity contribution in [1.29, 1.82) is 0 Å². The van der Waals surface area contributed by atoms with E-state index in [9.17, 15) is 4.79 Å². The summed E-state index contributed by atoms with van der Waals surface area (Å²) in [5.41, 5.74) is 0.784. The maximum Gasteiger partial charge on any atom is 0.255 e. The molecule has 1 spiro atoms. The van der Waals surface area contributed by atoms with Crippen LogP contribution in [0.25, 0.3) is 0 Å². The van der Waals surface area contributed by atoms with Crippen molar-refractivity contribution >= 4 is 37.8 Å². The van der Waals surface area contributed by atoms with Crippen LogP contribution in [0.2, 0.25) is 0 Å². The predicted octanol–water partition coefficient (Wildman–Crippen LogP) is 3.96. The normalized spacial score (nSPS) is 21.5. The molecular formula is C16H20Br2N2O. The van der Waals surface area contributed by atoms with Gasteiger partial charge in [0.05, 0.1) is 11.1 Å². The molecule has 3 rings (SSSR count). The first-order chi connectivity index (χ1) is 10.1. The van der Waals surface area contributed by atoms with E-state index in [4.69, 9.17) is 0 Å². The second-order valence-electron chi connectivity index (χ2n) is 6.04. The van der Waals surface area contributed by atoms with E-state index in [0.717, 1.165) is 47.0 Å². The predicted molar refractivity (Wildman–Crippen MR) is 91.6 cm³/mol. The lowest BCUT2D eigenvalue weighted by Gasteiger charge is -2.50. The van der Waals surface area contributed by atoms with Gasteiger partial charge in [0.2, 0.25) is 0 Å². The molecular weight excluding hydrogens is 396 g/mol. The number of piperazine rings is 1. The van der Waals surface area contributed by atoms with Crippen LogP contribution in [0.4, 0.5) is 0 Å². The first kappa shape index (κ1) is 15.5. The van der Waals surface area contributed by atoms with E-state index in [0.29, 0.717) is 0 Å². The molecule has 3 nitrogen and oxygen atoms in total. The lowest BCUT2D eigenvalue weighted by molar-refractivity contribution is 0.0222. The van der Waals surface area contributed by atoms with Crippen molar-refractivity contribution in [3.05, 3.63) is 32.7 Å². The van der Waals surface area contributed by atoms with Gasteiger partial charge in [-0.25, -0.2) is 0 Å². The summed E-state index contributed by atoms with van der Waals surface area (Å²) in [6.45, 7) is 2.63. The Morgan fingerprint density at radius 3 is 2.71 bits per heavy atom. The molecule has 1 heterocycles. The number of carbonyl (C=O) groups excluding carboxylic acids is 1. The quantitative estimate of drug-likeness (QED) is 0.752. The molecule has 0 bridgehead atoms. The summed E-state index contributed by atoms with van der Waals surface area (Å²) in [7, 11) is 0. The van der Waals surface area contributed by atoms with Crippen molar-refractivity contribution in [2.75, 3.05) is 19.6 Å². The number of nitrogens with zero attached hydrogens (tertiary/aromatic N) is 1. The first-order valence-corrected chi connectivity index (χ1v) is 9.19. The van der Waals surface area contributed by atoms with Gasteiger partial charge in [0.15, 0.2) is 0 Å². The Balaban J connectivity index is 1.92. The largest absolute Gasteiger partial charge is 0.330 e. The average Bonchev–Trinajstić information content (AvgIpc) is 2.50. The van der Waals surface area contributed by atoms with Crippen LogP contribution in [0, 0.1) is 0 Å². The van der Waals surface area contributed by atoms with Gasteiger partial charge in [-0.1, -0.05) is 35.2 Å². The summed E-state index contributed by atoms with van der Waals surface area (Å²) in [6, 6.07) is 5.81. The van der Waals surface area contributed by atoms with E-state index in [2.05, 4.69) is 42.1 Å². The average molecular weight is 416 g/mol. The summed E-state index contributed by atoms with van der Waals surface area (Å²) in [5, 5.41) is 3.49. The molecule has 5 heteroatoms. The van der Waals surface area contributed by atoms with Crippen LogP contribution in [-0.2, 0) is 0 Å². The van der Waals surface area contributed by atoms with Crippen molar-refractivity contribution < 1.29 is 4.79 Å². The van der Waals surface area contributed by atoms with Gasteiger partial charge in [-0.05, 0) is 47.0 Å². The molecule has 1 saturated carbocycles. The van der Waals surface area contributed by atoms with Gasteiger partial charge in [0.1, 0.15) is 0 Å². The molecule has 1 saturated heterocycles. The topological polar surface area (TPSA) is 32.3 Å². The Kier molecular flexibility index (Phi) is 4.71. The van der Waals surface area contributed by atoms with Gasteiger partial charge < -0.3 is 10.2 Å². The maximum atomic E-state index is 13.1. The summed E-state index contributed by atoms with van der Waals surface area (Å²) in [4.78, 5) is 15.2. The lowest BCUT2D eigenvalue weighted by atomic mass is 9.78. The Hall–Kier alpha value is -0.390. The summed E-state index contributed by atoms with van der Waals surface area (Å²) >= 11 is 7.00. The number of benzene rings is 1. The number of hydrogen-bond acceptors (Lipinski definition) is 2.